The van der Waals surface area contributed by atoms with Crippen molar-refractivity contribution < 1.29 is 29.1 Å². The molecule has 0 saturated heterocycles. The Hall–Kier alpha value is -5.46. The van der Waals surface area contributed by atoms with Crippen molar-refractivity contribution in [3.8, 4) is 0 Å². The minimum Gasteiger partial charge on any atom is -0.445 e. The molecule has 12 nitrogen and oxygen atoms in total. The lowest BCUT2D eigenvalue weighted by molar-refractivity contribution is -0.127. The zero-order chi connectivity index (χ0) is 35.5. The van der Waals surface area contributed by atoms with E-state index in [-0.39, 0.29) is 24.3 Å². The molecule has 7 N–H and O–H groups in total. The number of ether oxygens (including phenoxy) is 1. The molecule has 0 spiro atoms. The second kappa shape index (κ2) is 17.1. The molecule has 0 bridgehead atoms. The van der Waals surface area contributed by atoms with Gasteiger partial charge in [-0.2, -0.15) is 0 Å². The number of hydroxylamine groups is 1. The van der Waals surface area contributed by atoms with Crippen molar-refractivity contribution in [1.29, 1.82) is 0 Å². The van der Waals surface area contributed by atoms with Gasteiger partial charge in [-0.15, -0.1) is 0 Å². The van der Waals surface area contributed by atoms with E-state index in [9.17, 15) is 19.2 Å². The van der Waals surface area contributed by atoms with E-state index in [2.05, 4.69) is 21.7 Å². The highest BCUT2D eigenvalue weighted by atomic mass is 16.6. The first-order valence-corrected chi connectivity index (χ1v) is 16.1. The third-order valence-electron chi connectivity index (χ3n) is 8.16. The van der Waals surface area contributed by atoms with Crippen LogP contribution >= 0.6 is 0 Å². The molecule has 0 unspecified atom stereocenters. The molecule has 12 heteroatoms. The molecule has 4 aromatic rings. The molecule has 2 atom stereocenters. The quantitative estimate of drug-likeness (QED) is 0.0634. The van der Waals surface area contributed by atoms with E-state index >= 15 is 0 Å². The molecular formula is C37H44N6O6. The molecule has 1 aromatic heterocycles. The molecule has 258 valence electrons. The highest BCUT2D eigenvalue weighted by Gasteiger charge is 2.22. The molecule has 3 aromatic carbocycles. The lowest BCUT2D eigenvalue weighted by Crippen LogP contribution is -2.50. The largest absolute Gasteiger partial charge is 0.445 e. The Morgan fingerprint density at radius 2 is 1.61 bits per heavy atom. The van der Waals surface area contributed by atoms with Crippen LogP contribution in [0.3, 0.4) is 0 Å². The molecule has 0 radical (unpaired) electrons. The summed E-state index contributed by atoms with van der Waals surface area (Å²) in [7, 11) is 0. The molecule has 1 heterocycles. The topological polar surface area (TPSA) is 179 Å². The number of carbonyl (C=O) groups is 4. The fourth-order valence-electron chi connectivity index (χ4n) is 5.15. The van der Waals surface area contributed by atoms with Crippen molar-refractivity contribution >= 4 is 46.5 Å². The summed E-state index contributed by atoms with van der Waals surface area (Å²) in [5.41, 5.74) is 13.5. The molecule has 0 aliphatic carbocycles. The molecule has 4 amide bonds. The van der Waals surface area contributed by atoms with Gasteiger partial charge in [0, 0.05) is 41.4 Å². The smallest absolute Gasteiger partial charge is 0.410 e. The zero-order valence-corrected chi connectivity index (χ0v) is 28.2. The van der Waals surface area contributed by atoms with Crippen LogP contribution < -0.4 is 21.8 Å². The number of nitrogens with zero attached hydrogens (tertiary/aromatic N) is 1. The maximum absolute atomic E-state index is 13.5. The van der Waals surface area contributed by atoms with E-state index in [0.29, 0.717) is 25.2 Å². The van der Waals surface area contributed by atoms with Crippen LogP contribution in [-0.2, 0) is 38.7 Å². The van der Waals surface area contributed by atoms with Gasteiger partial charge in [0.15, 0.2) is 0 Å². The van der Waals surface area contributed by atoms with Gasteiger partial charge in [-0.1, -0.05) is 68.4 Å². The van der Waals surface area contributed by atoms with Gasteiger partial charge >= 0.3 is 6.09 Å². The number of rotatable bonds is 14. The lowest BCUT2D eigenvalue weighted by Gasteiger charge is -2.23. The van der Waals surface area contributed by atoms with Gasteiger partial charge in [-0.3, -0.25) is 19.6 Å². The zero-order valence-electron chi connectivity index (χ0n) is 28.2. The van der Waals surface area contributed by atoms with Crippen LogP contribution in [0.5, 0.6) is 0 Å². The summed E-state index contributed by atoms with van der Waals surface area (Å²) in [5.74, 6) is -1.46. The molecule has 4 rings (SSSR count). The average Bonchev–Trinajstić information content (AvgIpc) is 3.42. The standard InChI is InChI=1S/C37H44N6O6/c1-23(2)34(38)36(46)40-25(4)35(45)41-29-16-13-28(14-17-29)22-49-37(47)43(20-19-30-24(3)39-32-8-6-5-7-31(30)32)21-27-11-9-26(10-12-27)15-18-33(44)42-48/h5-18,23,25,34,39,48H,19-22,38H2,1-4H3,(H,40,46)(H,41,45)(H,42,44)/b18-15+/t25-,34+/m1/s1. The number of H-pyrrole nitrogens is 1. The number of aromatic amines is 1. The summed E-state index contributed by atoms with van der Waals surface area (Å²) in [5, 5.41) is 15.2. The summed E-state index contributed by atoms with van der Waals surface area (Å²) in [4.78, 5) is 54.7. The van der Waals surface area contributed by atoms with Gasteiger partial charge in [0.25, 0.3) is 5.91 Å². The van der Waals surface area contributed by atoms with E-state index in [1.54, 1.807) is 47.6 Å². The SMILES string of the molecule is Cc1[nH]c2ccccc2c1CCN(Cc1ccc(/C=C/C(=O)NO)cc1)C(=O)OCc1ccc(NC(=O)[C@@H](C)NC(=O)[C@@H](N)C(C)C)cc1. The number of amides is 4. The third-order valence-corrected chi connectivity index (χ3v) is 8.16. The van der Waals surface area contributed by atoms with Crippen LogP contribution in [0.25, 0.3) is 17.0 Å². The van der Waals surface area contributed by atoms with Crippen molar-refractivity contribution in [3.05, 3.63) is 107 Å². The minimum absolute atomic E-state index is 0.0197. The summed E-state index contributed by atoms with van der Waals surface area (Å²) in [6.45, 7) is 8.00. The number of aromatic nitrogens is 1. The summed E-state index contributed by atoms with van der Waals surface area (Å²) in [6.07, 6.45) is 2.91. The first-order chi connectivity index (χ1) is 23.4. The van der Waals surface area contributed by atoms with Crippen LogP contribution in [0.4, 0.5) is 10.5 Å². The Balaban J connectivity index is 1.40. The highest BCUT2D eigenvalue weighted by molar-refractivity contribution is 5.97. The summed E-state index contributed by atoms with van der Waals surface area (Å²) in [6, 6.07) is 20.9. The van der Waals surface area contributed by atoms with Gasteiger partial charge in [-0.05, 0) is 72.7 Å². The van der Waals surface area contributed by atoms with Gasteiger partial charge in [-0.25, -0.2) is 10.3 Å². The van der Waals surface area contributed by atoms with Crippen molar-refractivity contribution in [2.45, 2.75) is 59.4 Å². The van der Waals surface area contributed by atoms with E-state index in [0.717, 1.165) is 38.9 Å². The number of para-hydroxylation sites is 1. The summed E-state index contributed by atoms with van der Waals surface area (Å²) >= 11 is 0. The number of carbonyl (C=O) groups excluding carboxylic acids is 4. The van der Waals surface area contributed by atoms with E-state index in [1.165, 1.54) is 6.08 Å². The minimum atomic E-state index is -0.780. The molecule has 0 fully saturated rings. The molecule has 0 aliphatic heterocycles. The Morgan fingerprint density at radius 3 is 2.29 bits per heavy atom. The predicted molar refractivity (Wildman–Crippen MR) is 188 cm³/mol. The van der Waals surface area contributed by atoms with Crippen LogP contribution in [0.1, 0.15) is 48.7 Å². The number of hydrogen-bond acceptors (Lipinski definition) is 7. The lowest BCUT2D eigenvalue weighted by atomic mass is 10.0. The average molecular weight is 669 g/mol. The second-order valence-corrected chi connectivity index (χ2v) is 12.2. The maximum Gasteiger partial charge on any atom is 0.410 e. The number of fused-ring (bicyclic) bond motifs is 1. The van der Waals surface area contributed by atoms with Gasteiger partial charge in [0.1, 0.15) is 12.6 Å². The third kappa shape index (κ3) is 10.3. The van der Waals surface area contributed by atoms with Gasteiger partial charge < -0.3 is 31.0 Å². The van der Waals surface area contributed by atoms with Crippen LogP contribution in [0, 0.1) is 12.8 Å². The Labute approximate surface area is 285 Å². The first-order valence-electron chi connectivity index (χ1n) is 16.1. The maximum atomic E-state index is 13.5. The number of nitrogens with one attached hydrogen (secondary N) is 4. The molecule has 0 saturated carbocycles. The Morgan fingerprint density at radius 1 is 0.939 bits per heavy atom. The fourth-order valence-corrected chi connectivity index (χ4v) is 5.15. The molecule has 49 heavy (non-hydrogen) atoms. The molecular weight excluding hydrogens is 624 g/mol. The first kappa shape index (κ1) is 36.4. The Bertz CT molecular complexity index is 1780. The Kier molecular flexibility index (Phi) is 12.7. The van der Waals surface area contributed by atoms with E-state index in [1.807, 2.05) is 63.2 Å². The van der Waals surface area contributed by atoms with E-state index in [4.69, 9.17) is 15.7 Å². The van der Waals surface area contributed by atoms with Crippen molar-refractivity contribution in [1.82, 2.24) is 20.7 Å². The number of anilines is 1. The van der Waals surface area contributed by atoms with Crippen LogP contribution in [-0.4, -0.2) is 57.5 Å². The molecule has 0 aliphatic rings. The van der Waals surface area contributed by atoms with Gasteiger partial charge in [0.2, 0.25) is 11.8 Å². The summed E-state index contributed by atoms with van der Waals surface area (Å²) < 4.78 is 5.75. The number of nitrogens with two attached hydrogens (primary N) is 1. The van der Waals surface area contributed by atoms with Crippen LogP contribution in [0.15, 0.2) is 78.9 Å². The fraction of sp³-hybridized carbons (Fsp3) is 0.297. The monoisotopic (exact) mass is 668 g/mol. The highest BCUT2D eigenvalue weighted by Crippen LogP contribution is 2.23. The number of hydrogen-bond donors (Lipinski definition) is 6. The van der Waals surface area contributed by atoms with Crippen molar-refractivity contribution in [2.75, 3.05) is 11.9 Å². The number of aryl methyl sites for hydroxylation is 1. The van der Waals surface area contributed by atoms with E-state index < -0.39 is 24.1 Å². The van der Waals surface area contributed by atoms with Crippen LogP contribution in [0.2, 0.25) is 0 Å². The van der Waals surface area contributed by atoms with Crippen molar-refractivity contribution in [2.24, 2.45) is 11.7 Å². The van der Waals surface area contributed by atoms with Crippen molar-refractivity contribution in [3.63, 3.8) is 0 Å². The predicted octanol–water partition coefficient (Wildman–Crippen LogP) is 4.80. The van der Waals surface area contributed by atoms with Gasteiger partial charge in [0.05, 0.1) is 6.04 Å². The normalized spacial score (nSPS) is 12.5. The second-order valence-electron chi connectivity index (χ2n) is 12.2. The number of benzene rings is 3.